The van der Waals surface area contributed by atoms with Crippen molar-refractivity contribution in [3.05, 3.63) is 34.9 Å². The van der Waals surface area contributed by atoms with Crippen LogP contribution >= 0.6 is 0 Å². The molecule has 15 heavy (non-hydrogen) atoms. The van der Waals surface area contributed by atoms with Gasteiger partial charge in [0, 0.05) is 0 Å². The van der Waals surface area contributed by atoms with Gasteiger partial charge < -0.3 is 0 Å². The average Bonchev–Trinajstić information content (AvgIpc) is 2.17. The predicted molar refractivity (Wildman–Crippen MR) is 66.7 cm³/mol. The summed E-state index contributed by atoms with van der Waals surface area (Å²) in [4.78, 5) is 0. The van der Waals surface area contributed by atoms with Crippen molar-refractivity contribution in [1.82, 2.24) is 0 Å². The predicted octanol–water partition coefficient (Wildman–Crippen LogP) is 4.65. The minimum absolute atomic E-state index is 0.734. The van der Waals surface area contributed by atoms with E-state index in [-0.39, 0.29) is 0 Å². The Morgan fingerprint density at radius 2 is 2.07 bits per heavy atom. The SMILES string of the molecule is CC1=CC(C)=C(C2C=CCCC2)C(C)C1. The molecule has 0 nitrogen and oxygen atoms in total. The van der Waals surface area contributed by atoms with Gasteiger partial charge in [0.2, 0.25) is 0 Å². The van der Waals surface area contributed by atoms with E-state index in [1.807, 2.05) is 0 Å². The lowest BCUT2D eigenvalue weighted by Gasteiger charge is -2.30. The van der Waals surface area contributed by atoms with Gasteiger partial charge in [-0.2, -0.15) is 0 Å². The van der Waals surface area contributed by atoms with Crippen molar-refractivity contribution in [3.8, 4) is 0 Å². The lowest BCUT2D eigenvalue weighted by atomic mass is 9.75. The summed E-state index contributed by atoms with van der Waals surface area (Å²) in [5, 5.41) is 0. The topological polar surface area (TPSA) is 0 Å². The number of hydrogen-bond donors (Lipinski definition) is 0. The van der Waals surface area contributed by atoms with Crippen molar-refractivity contribution in [2.75, 3.05) is 0 Å². The molecule has 0 saturated heterocycles. The molecule has 0 heterocycles. The van der Waals surface area contributed by atoms with Crippen LogP contribution in [-0.4, -0.2) is 0 Å². The zero-order chi connectivity index (χ0) is 10.8. The molecule has 0 saturated carbocycles. The van der Waals surface area contributed by atoms with Crippen LogP contribution < -0.4 is 0 Å². The lowest BCUT2D eigenvalue weighted by molar-refractivity contribution is 0.516. The summed E-state index contributed by atoms with van der Waals surface area (Å²) in [6, 6.07) is 0. The average molecular weight is 202 g/mol. The van der Waals surface area contributed by atoms with E-state index in [9.17, 15) is 0 Å². The maximum atomic E-state index is 2.44. The first-order chi connectivity index (χ1) is 7.18. The van der Waals surface area contributed by atoms with Crippen molar-refractivity contribution < 1.29 is 0 Å². The zero-order valence-corrected chi connectivity index (χ0v) is 10.2. The number of hydrogen-bond acceptors (Lipinski definition) is 0. The van der Waals surface area contributed by atoms with Crippen LogP contribution in [0.1, 0.15) is 46.5 Å². The molecule has 0 aromatic heterocycles. The van der Waals surface area contributed by atoms with Gasteiger partial charge in [0.15, 0.2) is 0 Å². The third-order valence-corrected chi connectivity index (χ3v) is 3.73. The molecule has 0 radical (unpaired) electrons. The van der Waals surface area contributed by atoms with E-state index in [0.29, 0.717) is 0 Å². The molecule has 2 atom stereocenters. The van der Waals surface area contributed by atoms with Gasteiger partial charge in [-0.15, -0.1) is 0 Å². The van der Waals surface area contributed by atoms with E-state index >= 15 is 0 Å². The summed E-state index contributed by atoms with van der Waals surface area (Å²) in [5.74, 6) is 1.49. The molecule has 0 fully saturated rings. The van der Waals surface area contributed by atoms with Crippen molar-refractivity contribution in [2.24, 2.45) is 11.8 Å². The molecule has 2 unspecified atom stereocenters. The largest absolute Gasteiger partial charge is 0.0879 e. The number of rotatable bonds is 1. The quantitative estimate of drug-likeness (QED) is 0.543. The van der Waals surface area contributed by atoms with Crippen molar-refractivity contribution in [3.63, 3.8) is 0 Å². The molecule has 0 spiro atoms. The molecule has 0 heteroatoms. The highest BCUT2D eigenvalue weighted by Gasteiger charge is 2.23. The van der Waals surface area contributed by atoms with Crippen LogP contribution in [-0.2, 0) is 0 Å². The summed E-state index contributed by atoms with van der Waals surface area (Å²) in [6.45, 7) is 6.93. The summed E-state index contributed by atoms with van der Waals surface area (Å²) < 4.78 is 0. The first kappa shape index (κ1) is 10.7. The molecular formula is C15H22. The van der Waals surface area contributed by atoms with E-state index in [1.165, 1.54) is 31.3 Å². The zero-order valence-electron chi connectivity index (χ0n) is 10.2. The van der Waals surface area contributed by atoms with E-state index in [2.05, 4.69) is 39.0 Å². The fraction of sp³-hybridized carbons (Fsp3) is 0.600. The van der Waals surface area contributed by atoms with Gasteiger partial charge in [0.25, 0.3) is 0 Å². The molecule has 0 amide bonds. The van der Waals surface area contributed by atoms with Gasteiger partial charge in [-0.25, -0.2) is 0 Å². The Balaban J connectivity index is 2.29. The van der Waals surface area contributed by atoms with E-state index < -0.39 is 0 Å². The Morgan fingerprint density at radius 1 is 1.27 bits per heavy atom. The molecular weight excluding hydrogens is 180 g/mol. The van der Waals surface area contributed by atoms with E-state index in [1.54, 1.807) is 11.1 Å². The Bertz CT molecular complexity index is 328. The summed E-state index contributed by atoms with van der Waals surface area (Å²) in [7, 11) is 0. The second-order valence-electron chi connectivity index (χ2n) is 5.20. The second-order valence-corrected chi connectivity index (χ2v) is 5.20. The van der Waals surface area contributed by atoms with Crippen molar-refractivity contribution in [2.45, 2.75) is 46.5 Å². The van der Waals surface area contributed by atoms with E-state index in [4.69, 9.17) is 0 Å². The van der Waals surface area contributed by atoms with Crippen molar-refractivity contribution >= 4 is 0 Å². The second kappa shape index (κ2) is 4.38. The summed E-state index contributed by atoms with van der Waals surface area (Å²) in [5.41, 5.74) is 4.78. The van der Waals surface area contributed by atoms with Crippen molar-refractivity contribution in [1.29, 1.82) is 0 Å². The van der Waals surface area contributed by atoms with Gasteiger partial charge in [0.05, 0.1) is 0 Å². The van der Waals surface area contributed by atoms with E-state index in [0.717, 1.165) is 11.8 Å². The Kier molecular flexibility index (Phi) is 3.14. The third-order valence-electron chi connectivity index (χ3n) is 3.73. The first-order valence-electron chi connectivity index (χ1n) is 6.23. The fourth-order valence-corrected chi connectivity index (χ4v) is 3.22. The van der Waals surface area contributed by atoms with Crippen LogP contribution in [0.25, 0.3) is 0 Å². The minimum Gasteiger partial charge on any atom is -0.0879 e. The first-order valence-corrected chi connectivity index (χ1v) is 6.23. The highest BCUT2D eigenvalue weighted by molar-refractivity contribution is 5.36. The summed E-state index contributed by atoms with van der Waals surface area (Å²) >= 11 is 0. The van der Waals surface area contributed by atoms with Crippen LogP contribution in [0, 0.1) is 11.8 Å². The monoisotopic (exact) mass is 202 g/mol. The molecule has 2 aliphatic carbocycles. The van der Waals surface area contributed by atoms with Gasteiger partial charge >= 0.3 is 0 Å². The van der Waals surface area contributed by atoms with Crippen LogP contribution in [0.2, 0.25) is 0 Å². The Labute approximate surface area is 93.8 Å². The molecule has 2 aliphatic rings. The highest BCUT2D eigenvalue weighted by atomic mass is 14.3. The summed E-state index contributed by atoms with van der Waals surface area (Å²) in [6.07, 6.45) is 12.5. The molecule has 0 aromatic rings. The normalized spacial score (nSPS) is 31.8. The molecule has 82 valence electrons. The lowest BCUT2D eigenvalue weighted by Crippen LogP contribution is -2.16. The maximum Gasteiger partial charge on any atom is -0.00147 e. The minimum atomic E-state index is 0.734. The molecule has 0 bridgehead atoms. The molecule has 2 rings (SSSR count). The Morgan fingerprint density at radius 3 is 2.67 bits per heavy atom. The maximum absolute atomic E-state index is 2.44. The smallest absolute Gasteiger partial charge is 0.00147 e. The molecule has 0 N–H and O–H groups in total. The van der Waals surface area contributed by atoms with Crippen LogP contribution in [0.3, 0.4) is 0 Å². The third kappa shape index (κ3) is 2.25. The van der Waals surface area contributed by atoms with Gasteiger partial charge in [-0.05, 0) is 51.4 Å². The van der Waals surface area contributed by atoms with Gasteiger partial charge in [-0.3, -0.25) is 0 Å². The highest BCUT2D eigenvalue weighted by Crippen LogP contribution is 2.37. The van der Waals surface area contributed by atoms with Gasteiger partial charge in [-0.1, -0.05) is 41.9 Å². The molecule has 0 aliphatic heterocycles. The van der Waals surface area contributed by atoms with Crippen LogP contribution in [0.5, 0.6) is 0 Å². The fourth-order valence-electron chi connectivity index (χ4n) is 3.22. The van der Waals surface area contributed by atoms with Crippen LogP contribution in [0.15, 0.2) is 34.9 Å². The standard InChI is InChI=1S/C15H22/c1-11-9-12(2)15(13(3)10-11)14-7-5-4-6-8-14/h5,7,9,13-14H,4,6,8,10H2,1-3H3. The van der Waals surface area contributed by atoms with Gasteiger partial charge in [0.1, 0.15) is 0 Å². The molecule has 0 aromatic carbocycles. The Hall–Kier alpha value is -0.780. The van der Waals surface area contributed by atoms with Crippen LogP contribution in [0.4, 0.5) is 0 Å². The number of allylic oxidation sites excluding steroid dienone is 6.